The molecule has 3 heterocycles. The highest BCUT2D eigenvalue weighted by atomic mass is 28.3. The Morgan fingerprint density at radius 3 is 2.75 bits per heavy atom. The number of nitrogens with one attached hydrogen (secondary N) is 1. The number of hydrogen-bond acceptors (Lipinski definition) is 6. The molecule has 6 nitrogen and oxygen atoms in total. The molecule has 168 valence electrons. The van der Waals surface area contributed by atoms with Crippen LogP contribution in [-0.2, 0) is 0 Å². The summed E-state index contributed by atoms with van der Waals surface area (Å²) in [7, 11) is 2.38. The molecule has 0 bridgehead atoms. The number of rotatable bonds is 4. The molecule has 0 radical (unpaired) electrons. The zero-order valence-corrected chi connectivity index (χ0v) is 20.9. The number of piperidine rings is 1. The van der Waals surface area contributed by atoms with Gasteiger partial charge < -0.3 is 19.4 Å². The molecule has 1 aromatic carbocycles. The quantitative estimate of drug-likeness (QED) is 0.450. The lowest BCUT2D eigenvalue weighted by Crippen LogP contribution is -2.39. The van der Waals surface area contributed by atoms with Crippen molar-refractivity contribution in [3.05, 3.63) is 35.4 Å². The average molecular weight is 449 g/mol. The lowest BCUT2D eigenvalue weighted by molar-refractivity contribution is 0.259. The molecular formula is C25H32N4O2Si. The van der Waals surface area contributed by atoms with Crippen LogP contribution in [0, 0.1) is 18.4 Å². The second-order valence-corrected chi connectivity index (χ2v) is 14.4. The number of oxazole rings is 1. The third kappa shape index (κ3) is 5.14. The average Bonchev–Trinajstić information content (AvgIpc) is 3.12. The summed E-state index contributed by atoms with van der Waals surface area (Å²) in [5.41, 5.74) is 8.51. The number of anilines is 1. The Morgan fingerprint density at radius 2 is 2.03 bits per heavy atom. The van der Waals surface area contributed by atoms with Crippen LogP contribution in [-0.4, -0.2) is 56.2 Å². The molecule has 4 rings (SSSR count). The van der Waals surface area contributed by atoms with Crippen LogP contribution >= 0.6 is 0 Å². The Balaban J connectivity index is 1.64. The van der Waals surface area contributed by atoms with E-state index in [1.54, 1.807) is 7.11 Å². The Labute approximate surface area is 191 Å². The van der Waals surface area contributed by atoms with Crippen molar-refractivity contribution in [3.8, 4) is 28.5 Å². The molecular weight excluding hydrogens is 416 g/mol. The molecule has 1 saturated heterocycles. The third-order valence-corrected chi connectivity index (χ3v) is 6.44. The van der Waals surface area contributed by atoms with E-state index in [2.05, 4.69) is 66.3 Å². The van der Waals surface area contributed by atoms with Crippen molar-refractivity contribution in [1.82, 2.24) is 14.9 Å². The van der Waals surface area contributed by atoms with E-state index < -0.39 is 8.07 Å². The fourth-order valence-electron chi connectivity index (χ4n) is 4.05. The first-order chi connectivity index (χ1) is 15.2. The van der Waals surface area contributed by atoms with Gasteiger partial charge in [0.2, 0.25) is 5.65 Å². The van der Waals surface area contributed by atoms with Gasteiger partial charge in [-0.3, -0.25) is 0 Å². The minimum Gasteiger partial charge on any atom is -0.496 e. The number of likely N-dealkylation sites (tertiary alicyclic amines) is 1. The smallest absolute Gasteiger partial charge is 0.297 e. The highest BCUT2D eigenvalue weighted by Crippen LogP contribution is 2.34. The van der Waals surface area contributed by atoms with Crippen molar-refractivity contribution in [1.29, 1.82) is 0 Å². The Kier molecular flexibility index (Phi) is 6.27. The normalized spacial score (nSPS) is 17.1. The van der Waals surface area contributed by atoms with Gasteiger partial charge in [-0.25, -0.2) is 4.98 Å². The topological polar surface area (TPSA) is 63.4 Å². The van der Waals surface area contributed by atoms with E-state index in [4.69, 9.17) is 14.1 Å². The van der Waals surface area contributed by atoms with Crippen molar-refractivity contribution in [2.75, 3.05) is 32.6 Å². The highest BCUT2D eigenvalue weighted by Gasteiger charge is 2.20. The summed E-state index contributed by atoms with van der Waals surface area (Å²) >= 11 is 0. The van der Waals surface area contributed by atoms with Gasteiger partial charge in [-0.05, 0) is 63.2 Å². The van der Waals surface area contributed by atoms with E-state index in [1.165, 1.54) is 6.42 Å². The van der Waals surface area contributed by atoms with Gasteiger partial charge in [0.05, 0.1) is 12.8 Å². The Hall–Kier alpha value is -2.82. The van der Waals surface area contributed by atoms with E-state index in [0.717, 1.165) is 47.6 Å². The second-order valence-electron chi connectivity index (χ2n) is 9.65. The molecule has 0 amide bonds. The van der Waals surface area contributed by atoms with Crippen LogP contribution in [0.4, 0.5) is 6.01 Å². The number of nitrogens with zero attached hydrogens (tertiary/aromatic N) is 3. The van der Waals surface area contributed by atoms with Crippen LogP contribution in [0.2, 0.25) is 19.6 Å². The molecule has 0 spiro atoms. The number of methoxy groups -OCH3 is 1. The standard InChI is InChI=1S/C25H32N4O2Si/c1-17-14-18(11-13-32(4,5)6)15-22(30-3)23(17)20-9-10-21-24(27-20)28-25(31-21)26-19-8-7-12-29(2)16-19/h9-10,14-15,19H,7-8,12,16H2,1-6H3,(H,26,27,28)/t19-/m1/s1. The SMILES string of the molecule is COc1cc(C#C[Si](C)(C)C)cc(C)c1-c1ccc2oc(N[C@@H]3CCCN(C)C3)nc2n1. The summed E-state index contributed by atoms with van der Waals surface area (Å²) < 4.78 is 11.6. The van der Waals surface area contributed by atoms with E-state index in [-0.39, 0.29) is 0 Å². The minimum absolute atomic E-state index is 0.341. The number of hydrogen-bond donors (Lipinski definition) is 1. The van der Waals surface area contributed by atoms with Gasteiger partial charge in [-0.1, -0.05) is 25.6 Å². The van der Waals surface area contributed by atoms with Crippen molar-refractivity contribution < 1.29 is 9.15 Å². The van der Waals surface area contributed by atoms with E-state index >= 15 is 0 Å². The van der Waals surface area contributed by atoms with Gasteiger partial charge in [0.25, 0.3) is 6.01 Å². The Morgan fingerprint density at radius 1 is 1.22 bits per heavy atom. The molecule has 7 heteroatoms. The first-order valence-corrected chi connectivity index (χ1v) is 14.7. The summed E-state index contributed by atoms with van der Waals surface area (Å²) in [6.45, 7) is 10.9. The van der Waals surface area contributed by atoms with Crippen LogP contribution in [0.1, 0.15) is 24.0 Å². The number of ether oxygens (including phenoxy) is 1. The molecule has 1 N–H and O–H groups in total. The molecule has 32 heavy (non-hydrogen) atoms. The van der Waals surface area contributed by atoms with Crippen LogP contribution in [0.3, 0.4) is 0 Å². The first kappa shape index (κ1) is 22.4. The molecule has 0 saturated carbocycles. The highest BCUT2D eigenvalue weighted by molar-refractivity contribution is 6.83. The number of aryl methyl sites for hydroxylation is 1. The van der Waals surface area contributed by atoms with E-state index in [1.807, 2.05) is 18.2 Å². The number of likely N-dealkylation sites (N-methyl/N-ethyl adjacent to an activating group) is 1. The summed E-state index contributed by atoms with van der Waals surface area (Å²) in [6.07, 6.45) is 2.29. The largest absolute Gasteiger partial charge is 0.496 e. The van der Waals surface area contributed by atoms with Crippen LogP contribution in [0.5, 0.6) is 5.75 Å². The number of fused-ring (bicyclic) bond motifs is 1. The maximum absolute atomic E-state index is 5.92. The minimum atomic E-state index is -1.45. The molecule has 1 fully saturated rings. The number of benzene rings is 1. The maximum Gasteiger partial charge on any atom is 0.297 e. The summed E-state index contributed by atoms with van der Waals surface area (Å²) in [5, 5.41) is 3.43. The van der Waals surface area contributed by atoms with Crippen LogP contribution in [0.25, 0.3) is 22.5 Å². The molecule has 3 aromatic rings. The fourth-order valence-corrected chi connectivity index (χ4v) is 4.57. The summed E-state index contributed by atoms with van der Waals surface area (Å²) in [6, 6.07) is 8.87. The monoisotopic (exact) mass is 448 g/mol. The van der Waals surface area contributed by atoms with Gasteiger partial charge in [0.1, 0.15) is 13.8 Å². The van der Waals surface area contributed by atoms with Gasteiger partial charge in [0, 0.05) is 23.7 Å². The van der Waals surface area contributed by atoms with Crippen molar-refractivity contribution in [3.63, 3.8) is 0 Å². The summed E-state index contributed by atoms with van der Waals surface area (Å²) in [5.74, 6) is 4.09. The van der Waals surface area contributed by atoms with Crippen LogP contribution in [0.15, 0.2) is 28.7 Å². The van der Waals surface area contributed by atoms with E-state index in [9.17, 15) is 0 Å². The maximum atomic E-state index is 5.92. The van der Waals surface area contributed by atoms with Crippen molar-refractivity contribution in [2.24, 2.45) is 0 Å². The first-order valence-electron chi connectivity index (χ1n) is 11.2. The molecule has 1 aliphatic rings. The number of pyridine rings is 1. The van der Waals surface area contributed by atoms with Crippen molar-refractivity contribution in [2.45, 2.75) is 45.4 Å². The van der Waals surface area contributed by atoms with Gasteiger partial charge in [0.15, 0.2) is 5.58 Å². The predicted octanol–water partition coefficient (Wildman–Crippen LogP) is 4.94. The van der Waals surface area contributed by atoms with Crippen molar-refractivity contribution >= 4 is 25.3 Å². The molecule has 1 atom stereocenters. The Bertz CT molecular complexity index is 1190. The van der Waals surface area contributed by atoms with Crippen LogP contribution < -0.4 is 10.1 Å². The predicted molar refractivity (Wildman–Crippen MR) is 133 cm³/mol. The molecule has 0 unspecified atom stereocenters. The summed E-state index contributed by atoms with van der Waals surface area (Å²) in [4.78, 5) is 11.7. The van der Waals surface area contributed by atoms with E-state index in [0.29, 0.717) is 23.3 Å². The van der Waals surface area contributed by atoms with Gasteiger partial charge >= 0.3 is 0 Å². The fraction of sp³-hybridized carbons (Fsp3) is 0.440. The third-order valence-electron chi connectivity index (χ3n) is 5.56. The zero-order chi connectivity index (χ0) is 22.9. The number of aromatic nitrogens is 2. The van der Waals surface area contributed by atoms with Gasteiger partial charge in [-0.15, -0.1) is 5.54 Å². The lowest BCUT2D eigenvalue weighted by atomic mass is 10.0. The molecule has 2 aromatic heterocycles. The van der Waals surface area contributed by atoms with Gasteiger partial charge in [-0.2, -0.15) is 4.98 Å². The molecule has 1 aliphatic heterocycles. The molecule has 0 aliphatic carbocycles. The zero-order valence-electron chi connectivity index (χ0n) is 19.9. The lowest BCUT2D eigenvalue weighted by Gasteiger charge is -2.29. The second kappa shape index (κ2) is 8.97.